The van der Waals surface area contributed by atoms with E-state index in [1.165, 1.54) is 0 Å². The van der Waals surface area contributed by atoms with E-state index in [9.17, 15) is 9.90 Å². The zero-order chi connectivity index (χ0) is 12.8. The van der Waals surface area contributed by atoms with Gasteiger partial charge in [-0.1, -0.05) is 44.2 Å². The van der Waals surface area contributed by atoms with E-state index in [-0.39, 0.29) is 12.5 Å². The lowest BCUT2D eigenvalue weighted by molar-refractivity contribution is -0.428. The summed E-state index contributed by atoms with van der Waals surface area (Å²) in [5, 5.41) is 9.70. The molecule has 0 fully saturated rings. The topological polar surface area (TPSA) is 74.2 Å². The van der Waals surface area contributed by atoms with Gasteiger partial charge in [0.25, 0.3) is 0 Å². The van der Waals surface area contributed by atoms with Crippen LogP contribution in [0.15, 0.2) is 30.3 Å². The van der Waals surface area contributed by atoms with Crippen molar-refractivity contribution in [3.63, 3.8) is 0 Å². The van der Waals surface area contributed by atoms with Gasteiger partial charge in [0.2, 0.25) is 6.04 Å². The molecular weight excluding hydrogens is 218 g/mol. The molecule has 0 aliphatic rings. The summed E-state index contributed by atoms with van der Waals surface area (Å²) in [7, 11) is 0. The molecule has 2 atom stereocenters. The van der Waals surface area contributed by atoms with Crippen molar-refractivity contribution in [3.05, 3.63) is 35.9 Å². The van der Waals surface area contributed by atoms with Crippen molar-refractivity contribution in [2.45, 2.75) is 32.6 Å². The third-order valence-electron chi connectivity index (χ3n) is 2.62. The molecule has 0 bridgehead atoms. The number of aliphatic hydroxyl groups is 1. The van der Waals surface area contributed by atoms with Gasteiger partial charge in [0, 0.05) is 0 Å². The number of esters is 1. The molecule has 1 rings (SSSR count). The van der Waals surface area contributed by atoms with Crippen molar-refractivity contribution in [1.82, 2.24) is 0 Å². The van der Waals surface area contributed by atoms with Crippen molar-refractivity contribution in [2.75, 3.05) is 0 Å². The fraction of sp³-hybridized carbons (Fsp3) is 0.462. The summed E-state index contributed by atoms with van der Waals surface area (Å²) >= 11 is 0. The molecule has 0 amide bonds. The number of hydrogen-bond acceptors (Lipinski definition) is 3. The van der Waals surface area contributed by atoms with E-state index < -0.39 is 18.1 Å². The molecule has 0 spiro atoms. The van der Waals surface area contributed by atoms with Crippen molar-refractivity contribution in [1.29, 1.82) is 0 Å². The molecule has 4 N–H and O–H groups in total. The molecule has 1 aromatic rings. The quantitative estimate of drug-likeness (QED) is 0.727. The second-order valence-corrected chi connectivity index (χ2v) is 4.43. The average molecular weight is 238 g/mol. The summed E-state index contributed by atoms with van der Waals surface area (Å²) in [6, 6.07) is 8.69. The van der Waals surface area contributed by atoms with Crippen molar-refractivity contribution >= 4 is 5.97 Å². The summed E-state index contributed by atoms with van der Waals surface area (Å²) in [6.07, 6.45) is -0.765. The molecule has 0 radical (unpaired) electrons. The van der Waals surface area contributed by atoms with Crippen LogP contribution in [0.2, 0.25) is 0 Å². The van der Waals surface area contributed by atoms with Crippen LogP contribution in [0.3, 0.4) is 0 Å². The molecule has 0 heterocycles. The molecule has 0 aromatic heterocycles. The maximum Gasteiger partial charge on any atom is 0.367 e. The minimum atomic E-state index is -0.765. The zero-order valence-corrected chi connectivity index (χ0v) is 10.3. The van der Waals surface area contributed by atoms with Crippen LogP contribution in [0, 0.1) is 5.92 Å². The molecule has 0 unspecified atom stereocenters. The normalized spacial score (nSPS) is 14.4. The smallest absolute Gasteiger partial charge is 0.367 e. The average Bonchev–Trinajstić information content (AvgIpc) is 2.35. The van der Waals surface area contributed by atoms with Crippen LogP contribution < -0.4 is 5.73 Å². The van der Waals surface area contributed by atoms with Crippen LogP contribution >= 0.6 is 0 Å². The Morgan fingerprint density at radius 3 is 2.47 bits per heavy atom. The molecule has 0 aliphatic carbocycles. The predicted octanol–water partition coefficient (Wildman–Crippen LogP) is 0.357. The fourth-order valence-corrected chi connectivity index (χ4v) is 1.44. The maximum atomic E-state index is 11.6. The summed E-state index contributed by atoms with van der Waals surface area (Å²) < 4.78 is 5.10. The van der Waals surface area contributed by atoms with Gasteiger partial charge >= 0.3 is 5.97 Å². The largest absolute Gasteiger partial charge is 0.456 e. The Bertz CT molecular complexity index is 351. The van der Waals surface area contributed by atoms with Crippen LogP contribution in [0.4, 0.5) is 0 Å². The summed E-state index contributed by atoms with van der Waals surface area (Å²) in [4.78, 5) is 11.6. The minimum Gasteiger partial charge on any atom is -0.456 e. The number of ether oxygens (including phenoxy) is 1. The number of benzene rings is 1. The Labute approximate surface area is 101 Å². The Morgan fingerprint density at radius 1 is 1.35 bits per heavy atom. The lowest BCUT2D eigenvalue weighted by Gasteiger charge is -2.17. The minimum absolute atomic E-state index is 0.0122. The highest BCUT2D eigenvalue weighted by Crippen LogP contribution is 2.06. The van der Waals surface area contributed by atoms with Gasteiger partial charge in [-0.05, 0) is 11.5 Å². The van der Waals surface area contributed by atoms with Gasteiger partial charge in [0.1, 0.15) is 12.7 Å². The number of carbonyl (C=O) groups excluding carboxylic acids is 1. The molecule has 4 heteroatoms. The second kappa shape index (κ2) is 6.37. The van der Waals surface area contributed by atoms with Gasteiger partial charge in [-0.15, -0.1) is 0 Å². The van der Waals surface area contributed by atoms with Crippen LogP contribution in [-0.4, -0.2) is 23.2 Å². The van der Waals surface area contributed by atoms with Crippen LogP contribution in [0.25, 0.3) is 0 Å². The van der Waals surface area contributed by atoms with Gasteiger partial charge < -0.3 is 15.6 Å². The maximum absolute atomic E-state index is 11.6. The second-order valence-electron chi connectivity index (χ2n) is 4.43. The van der Waals surface area contributed by atoms with Gasteiger partial charge in [0.05, 0.1) is 0 Å². The van der Waals surface area contributed by atoms with Gasteiger partial charge in [0.15, 0.2) is 0 Å². The first kappa shape index (κ1) is 13.7. The van der Waals surface area contributed by atoms with E-state index in [4.69, 9.17) is 4.74 Å². The first-order valence-electron chi connectivity index (χ1n) is 5.74. The van der Waals surface area contributed by atoms with Crippen LogP contribution in [0.5, 0.6) is 0 Å². The Hall–Kier alpha value is -1.39. The molecule has 1 aromatic carbocycles. The lowest BCUT2D eigenvalue weighted by atomic mass is 10.0. The molecular formula is C13H20NO3+. The molecule has 0 aliphatic heterocycles. The Morgan fingerprint density at radius 2 is 1.94 bits per heavy atom. The Balaban J connectivity index is 2.45. The fourth-order valence-electron chi connectivity index (χ4n) is 1.44. The highest BCUT2D eigenvalue weighted by Gasteiger charge is 2.30. The van der Waals surface area contributed by atoms with E-state index in [1.54, 1.807) is 0 Å². The molecule has 0 saturated carbocycles. The van der Waals surface area contributed by atoms with E-state index in [0.717, 1.165) is 5.56 Å². The van der Waals surface area contributed by atoms with Crippen molar-refractivity contribution in [3.8, 4) is 0 Å². The van der Waals surface area contributed by atoms with Crippen LogP contribution in [0.1, 0.15) is 19.4 Å². The molecule has 4 nitrogen and oxygen atoms in total. The van der Waals surface area contributed by atoms with Gasteiger partial charge in [-0.25, -0.2) is 4.79 Å². The lowest BCUT2D eigenvalue weighted by Crippen LogP contribution is -2.71. The highest BCUT2D eigenvalue weighted by molar-refractivity contribution is 5.74. The van der Waals surface area contributed by atoms with Crippen molar-refractivity contribution in [2.24, 2.45) is 5.92 Å². The van der Waals surface area contributed by atoms with E-state index in [1.807, 2.05) is 44.2 Å². The molecule has 0 saturated heterocycles. The first-order valence-corrected chi connectivity index (χ1v) is 5.74. The van der Waals surface area contributed by atoms with Gasteiger partial charge in [-0.3, -0.25) is 0 Å². The van der Waals surface area contributed by atoms with Crippen LogP contribution in [-0.2, 0) is 16.1 Å². The third-order valence-corrected chi connectivity index (χ3v) is 2.62. The zero-order valence-electron chi connectivity index (χ0n) is 10.3. The first-order chi connectivity index (χ1) is 8.02. The van der Waals surface area contributed by atoms with E-state index in [0.29, 0.717) is 0 Å². The van der Waals surface area contributed by atoms with Gasteiger partial charge in [-0.2, -0.15) is 0 Å². The van der Waals surface area contributed by atoms with E-state index in [2.05, 4.69) is 5.73 Å². The standard InChI is InChI=1S/C13H19NO3/c1-9(2)12(15)11(14)13(16)17-8-10-6-4-3-5-7-10/h3-7,9,11-12,15H,8,14H2,1-2H3/p+1/t11-,12-/m0/s1. The summed E-state index contributed by atoms with van der Waals surface area (Å²) in [5.41, 5.74) is 4.57. The predicted molar refractivity (Wildman–Crippen MR) is 63.8 cm³/mol. The number of rotatable bonds is 5. The summed E-state index contributed by atoms with van der Waals surface area (Å²) in [6.45, 7) is 3.90. The number of aliphatic hydroxyl groups excluding tert-OH is 1. The van der Waals surface area contributed by atoms with E-state index >= 15 is 0 Å². The number of carbonyl (C=O) groups is 1. The highest BCUT2D eigenvalue weighted by atomic mass is 16.5. The van der Waals surface area contributed by atoms with Crippen molar-refractivity contribution < 1.29 is 20.4 Å². The Kier molecular flexibility index (Phi) is 5.12. The molecule has 17 heavy (non-hydrogen) atoms. The third kappa shape index (κ3) is 4.17. The monoisotopic (exact) mass is 238 g/mol. The number of hydrogen-bond donors (Lipinski definition) is 2. The number of quaternary nitrogens is 1. The summed E-state index contributed by atoms with van der Waals surface area (Å²) in [5.74, 6) is -0.475. The molecule has 94 valence electrons. The SMILES string of the molecule is CC(C)[C@H](O)[C@H]([NH3+])C(=O)OCc1ccccc1.